The van der Waals surface area contributed by atoms with Gasteiger partial charge >= 0.3 is 11.8 Å². The number of aromatic nitrogens is 1. The van der Waals surface area contributed by atoms with Crippen molar-refractivity contribution < 1.29 is 9.59 Å². The van der Waals surface area contributed by atoms with Crippen LogP contribution in [0.4, 0.5) is 5.69 Å². The zero-order valence-electron chi connectivity index (χ0n) is 12.3. The first-order valence-corrected chi connectivity index (χ1v) is 7.03. The Kier molecular flexibility index (Phi) is 4.87. The number of rotatable bonds is 4. The number of pyridine rings is 1. The zero-order chi connectivity index (χ0) is 15.2. The van der Waals surface area contributed by atoms with Gasteiger partial charge in [0.15, 0.2) is 0 Å². The third-order valence-corrected chi connectivity index (χ3v) is 3.27. The maximum Gasteiger partial charge on any atom is 0.313 e. The molecule has 0 spiro atoms. The Labute approximate surface area is 124 Å². The van der Waals surface area contributed by atoms with Crippen molar-refractivity contribution in [3.8, 4) is 0 Å². The molecule has 21 heavy (non-hydrogen) atoms. The predicted molar refractivity (Wildman–Crippen MR) is 82.9 cm³/mol. The van der Waals surface area contributed by atoms with Gasteiger partial charge in [-0.2, -0.15) is 0 Å². The number of benzene rings is 1. The molecule has 0 fully saturated rings. The molecule has 0 radical (unpaired) electrons. The maximum atomic E-state index is 12.0. The number of hydrogen-bond acceptors (Lipinski definition) is 3. The van der Waals surface area contributed by atoms with Crippen LogP contribution in [0.15, 0.2) is 36.5 Å². The smallest absolute Gasteiger partial charge is 0.313 e. The molecule has 2 amide bonds. The van der Waals surface area contributed by atoms with E-state index in [4.69, 9.17) is 0 Å². The summed E-state index contributed by atoms with van der Waals surface area (Å²) in [6.07, 6.45) is 3.52. The Morgan fingerprint density at radius 3 is 2.76 bits per heavy atom. The fourth-order valence-electron chi connectivity index (χ4n) is 2.05. The first-order valence-electron chi connectivity index (χ1n) is 7.03. The van der Waals surface area contributed by atoms with Crippen molar-refractivity contribution >= 4 is 28.4 Å². The van der Waals surface area contributed by atoms with Crippen LogP contribution in [0.1, 0.15) is 19.8 Å². The van der Waals surface area contributed by atoms with Gasteiger partial charge in [0.2, 0.25) is 0 Å². The van der Waals surface area contributed by atoms with Crippen molar-refractivity contribution in [1.29, 1.82) is 0 Å². The number of carbonyl (C=O) groups is 2. The molecule has 0 saturated carbocycles. The maximum absolute atomic E-state index is 12.0. The summed E-state index contributed by atoms with van der Waals surface area (Å²) in [7, 11) is 1.64. The number of carbonyl (C=O) groups excluding carboxylic acids is 2. The molecule has 2 aromatic rings. The predicted octanol–water partition coefficient (Wildman–Crippen LogP) is 2.43. The molecular formula is C16H19N3O2. The Balaban J connectivity index is 2.13. The molecule has 0 aliphatic heterocycles. The molecule has 0 saturated heterocycles. The quantitative estimate of drug-likeness (QED) is 0.878. The molecule has 0 unspecified atom stereocenters. The topological polar surface area (TPSA) is 62.3 Å². The third-order valence-electron chi connectivity index (χ3n) is 3.27. The van der Waals surface area contributed by atoms with Crippen LogP contribution >= 0.6 is 0 Å². The van der Waals surface area contributed by atoms with Gasteiger partial charge < -0.3 is 10.2 Å². The molecule has 5 heteroatoms. The van der Waals surface area contributed by atoms with Crippen molar-refractivity contribution in [3.05, 3.63) is 36.5 Å². The first kappa shape index (κ1) is 15.0. The highest BCUT2D eigenvalue weighted by molar-refractivity contribution is 6.40. The van der Waals surface area contributed by atoms with Gasteiger partial charge in [0.05, 0.1) is 11.2 Å². The van der Waals surface area contributed by atoms with Crippen LogP contribution in [0.3, 0.4) is 0 Å². The average molecular weight is 285 g/mol. The van der Waals surface area contributed by atoms with E-state index in [0.29, 0.717) is 17.7 Å². The number of hydrogen-bond donors (Lipinski definition) is 1. The second kappa shape index (κ2) is 6.83. The van der Waals surface area contributed by atoms with Crippen LogP contribution < -0.4 is 5.32 Å². The highest BCUT2D eigenvalue weighted by atomic mass is 16.2. The Morgan fingerprint density at radius 1 is 1.24 bits per heavy atom. The van der Waals surface area contributed by atoms with Crippen LogP contribution in [-0.2, 0) is 9.59 Å². The van der Waals surface area contributed by atoms with Crippen LogP contribution in [0.5, 0.6) is 0 Å². The second-order valence-corrected chi connectivity index (χ2v) is 4.92. The molecule has 0 aliphatic rings. The second-order valence-electron chi connectivity index (χ2n) is 4.92. The molecule has 110 valence electrons. The van der Waals surface area contributed by atoms with Crippen molar-refractivity contribution in [3.63, 3.8) is 0 Å². The normalized spacial score (nSPS) is 10.4. The van der Waals surface area contributed by atoms with Gasteiger partial charge in [0.1, 0.15) is 0 Å². The van der Waals surface area contributed by atoms with Gasteiger partial charge in [-0.15, -0.1) is 0 Å². The van der Waals surface area contributed by atoms with Gasteiger partial charge in [-0.3, -0.25) is 14.6 Å². The number of anilines is 1. The van der Waals surface area contributed by atoms with Crippen molar-refractivity contribution in [2.45, 2.75) is 19.8 Å². The molecule has 1 aromatic carbocycles. The minimum absolute atomic E-state index is 0.531. The lowest BCUT2D eigenvalue weighted by Crippen LogP contribution is -2.37. The van der Waals surface area contributed by atoms with Crippen LogP contribution in [-0.4, -0.2) is 35.3 Å². The van der Waals surface area contributed by atoms with Crippen molar-refractivity contribution in [1.82, 2.24) is 9.88 Å². The lowest BCUT2D eigenvalue weighted by atomic mass is 10.2. The monoisotopic (exact) mass is 285 g/mol. The summed E-state index contributed by atoms with van der Waals surface area (Å²) in [5, 5.41) is 3.57. The SMILES string of the molecule is CCCCN(C)C(=O)C(=O)Nc1cccc2cccnc12. The van der Waals surface area contributed by atoms with Gasteiger partial charge in [0, 0.05) is 25.2 Å². The van der Waals surface area contributed by atoms with Gasteiger partial charge in [-0.05, 0) is 18.6 Å². The van der Waals surface area contributed by atoms with E-state index < -0.39 is 11.8 Å². The first-order chi connectivity index (χ1) is 10.1. The van der Waals surface area contributed by atoms with E-state index in [1.807, 2.05) is 31.2 Å². The lowest BCUT2D eigenvalue weighted by Gasteiger charge is -2.16. The molecular weight excluding hydrogens is 266 g/mol. The van der Waals surface area contributed by atoms with Crippen molar-refractivity contribution in [2.75, 3.05) is 18.9 Å². The molecule has 2 rings (SSSR count). The summed E-state index contributed by atoms with van der Waals surface area (Å²) in [6, 6.07) is 9.22. The summed E-state index contributed by atoms with van der Waals surface area (Å²) in [6.45, 7) is 2.62. The Hall–Kier alpha value is -2.43. The molecule has 0 atom stereocenters. The number of nitrogens with one attached hydrogen (secondary N) is 1. The standard InChI is InChI=1S/C16H19N3O2/c1-3-4-11-19(2)16(21)15(20)18-13-9-5-7-12-8-6-10-17-14(12)13/h5-10H,3-4,11H2,1-2H3,(H,18,20). The van der Waals surface area contributed by atoms with Gasteiger partial charge in [0.25, 0.3) is 0 Å². The summed E-state index contributed by atoms with van der Waals surface area (Å²) in [4.78, 5) is 29.7. The van der Waals surface area contributed by atoms with E-state index in [-0.39, 0.29) is 0 Å². The summed E-state index contributed by atoms with van der Waals surface area (Å²) in [5.74, 6) is -1.16. The fraction of sp³-hybridized carbons (Fsp3) is 0.312. The molecule has 1 aromatic heterocycles. The van der Waals surface area contributed by atoms with E-state index in [9.17, 15) is 9.59 Å². The molecule has 0 aliphatic carbocycles. The van der Waals surface area contributed by atoms with Crippen LogP contribution in [0, 0.1) is 0 Å². The number of amides is 2. The van der Waals surface area contributed by atoms with Gasteiger partial charge in [-0.1, -0.05) is 31.5 Å². The van der Waals surface area contributed by atoms with Crippen LogP contribution in [0.25, 0.3) is 10.9 Å². The average Bonchev–Trinajstić information content (AvgIpc) is 2.52. The molecule has 1 heterocycles. The minimum Gasteiger partial charge on any atom is -0.338 e. The van der Waals surface area contributed by atoms with E-state index >= 15 is 0 Å². The Morgan fingerprint density at radius 2 is 2.00 bits per heavy atom. The number of fused-ring (bicyclic) bond motifs is 1. The largest absolute Gasteiger partial charge is 0.338 e. The molecule has 0 bridgehead atoms. The minimum atomic E-state index is -0.633. The third kappa shape index (κ3) is 3.56. The zero-order valence-corrected chi connectivity index (χ0v) is 12.3. The van der Waals surface area contributed by atoms with E-state index in [2.05, 4.69) is 10.3 Å². The van der Waals surface area contributed by atoms with Crippen LogP contribution in [0.2, 0.25) is 0 Å². The Bertz CT molecular complexity index is 650. The number of para-hydroxylation sites is 1. The van der Waals surface area contributed by atoms with E-state index in [0.717, 1.165) is 18.2 Å². The summed E-state index contributed by atoms with van der Waals surface area (Å²) < 4.78 is 0. The molecule has 5 nitrogen and oxygen atoms in total. The number of nitrogens with zero attached hydrogens (tertiary/aromatic N) is 2. The highest BCUT2D eigenvalue weighted by Gasteiger charge is 2.19. The van der Waals surface area contributed by atoms with E-state index in [1.54, 1.807) is 19.3 Å². The van der Waals surface area contributed by atoms with Gasteiger partial charge in [-0.25, -0.2) is 0 Å². The summed E-state index contributed by atoms with van der Waals surface area (Å²) >= 11 is 0. The number of unbranched alkanes of at least 4 members (excludes halogenated alkanes) is 1. The van der Waals surface area contributed by atoms with Crippen molar-refractivity contribution in [2.24, 2.45) is 0 Å². The summed E-state index contributed by atoms with van der Waals surface area (Å²) in [5.41, 5.74) is 1.23. The lowest BCUT2D eigenvalue weighted by molar-refractivity contribution is -0.142. The number of likely N-dealkylation sites (N-methyl/N-ethyl adjacent to an activating group) is 1. The highest BCUT2D eigenvalue weighted by Crippen LogP contribution is 2.20. The molecule has 1 N–H and O–H groups in total. The fourth-order valence-corrected chi connectivity index (χ4v) is 2.05. The van der Waals surface area contributed by atoms with E-state index in [1.165, 1.54) is 4.90 Å².